The fraction of sp³-hybridized carbons (Fsp3) is 0.118. The highest BCUT2D eigenvalue weighted by molar-refractivity contribution is 6.31. The Labute approximate surface area is 127 Å². The summed E-state index contributed by atoms with van der Waals surface area (Å²) in [6, 6.07) is 13.3. The van der Waals surface area contributed by atoms with Crippen LogP contribution in [0.15, 0.2) is 42.5 Å². The molecule has 0 bridgehead atoms. The Morgan fingerprint density at radius 1 is 1.10 bits per heavy atom. The molecule has 21 heavy (non-hydrogen) atoms. The van der Waals surface area contributed by atoms with E-state index in [9.17, 15) is 4.79 Å². The number of carbonyl (C=O) groups excluding carboxylic acids is 1. The first kappa shape index (κ1) is 13.7. The molecular weight excluding hydrogens is 284 g/mol. The lowest BCUT2D eigenvalue weighted by Crippen LogP contribution is -2.14. The van der Waals surface area contributed by atoms with Crippen LogP contribution in [0.5, 0.6) is 0 Å². The van der Waals surface area contributed by atoms with E-state index < -0.39 is 0 Å². The maximum Gasteiger partial charge on any atom is 0.272 e. The van der Waals surface area contributed by atoms with Gasteiger partial charge < -0.3 is 10.3 Å². The predicted molar refractivity (Wildman–Crippen MR) is 87.2 cm³/mol. The topological polar surface area (TPSA) is 44.9 Å². The van der Waals surface area contributed by atoms with E-state index in [1.54, 1.807) is 0 Å². The zero-order valence-corrected chi connectivity index (χ0v) is 12.6. The molecule has 1 heterocycles. The van der Waals surface area contributed by atoms with E-state index >= 15 is 0 Å². The molecule has 0 unspecified atom stereocenters. The van der Waals surface area contributed by atoms with Crippen molar-refractivity contribution in [1.82, 2.24) is 4.98 Å². The van der Waals surface area contributed by atoms with Crippen LogP contribution < -0.4 is 5.32 Å². The maximum absolute atomic E-state index is 12.4. The van der Waals surface area contributed by atoms with Crippen LogP contribution in [-0.2, 0) is 0 Å². The second kappa shape index (κ2) is 5.26. The van der Waals surface area contributed by atoms with E-state index in [2.05, 4.69) is 10.3 Å². The highest BCUT2D eigenvalue weighted by Gasteiger charge is 2.12. The zero-order chi connectivity index (χ0) is 15.0. The lowest BCUT2D eigenvalue weighted by Gasteiger charge is -2.10. The fourth-order valence-electron chi connectivity index (χ4n) is 2.41. The third-order valence-corrected chi connectivity index (χ3v) is 3.78. The second-order valence-electron chi connectivity index (χ2n) is 5.14. The molecule has 2 N–H and O–H groups in total. The molecule has 3 aromatic rings. The first-order valence-electron chi connectivity index (χ1n) is 6.70. The number of benzene rings is 2. The minimum atomic E-state index is -0.153. The van der Waals surface area contributed by atoms with Crippen LogP contribution in [0.25, 0.3) is 10.9 Å². The van der Waals surface area contributed by atoms with Crippen molar-refractivity contribution in [2.75, 3.05) is 5.32 Å². The first-order valence-corrected chi connectivity index (χ1v) is 7.08. The van der Waals surface area contributed by atoms with Crippen LogP contribution >= 0.6 is 11.6 Å². The highest BCUT2D eigenvalue weighted by Crippen LogP contribution is 2.23. The molecule has 106 valence electrons. The van der Waals surface area contributed by atoms with E-state index in [1.807, 2.05) is 56.3 Å². The molecule has 0 fully saturated rings. The Morgan fingerprint density at radius 3 is 2.52 bits per heavy atom. The second-order valence-corrected chi connectivity index (χ2v) is 5.57. The van der Waals surface area contributed by atoms with Crippen molar-refractivity contribution in [2.24, 2.45) is 0 Å². The number of rotatable bonds is 2. The summed E-state index contributed by atoms with van der Waals surface area (Å²) >= 11 is 5.96. The van der Waals surface area contributed by atoms with Gasteiger partial charge >= 0.3 is 0 Å². The minimum Gasteiger partial charge on any atom is -0.350 e. The van der Waals surface area contributed by atoms with Crippen molar-refractivity contribution < 1.29 is 4.79 Å². The Hall–Kier alpha value is -2.26. The van der Waals surface area contributed by atoms with Crippen molar-refractivity contribution in [3.63, 3.8) is 0 Å². The highest BCUT2D eigenvalue weighted by atomic mass is 35.5. The summed E-state index contributed by atoms with van der Waals surface area (Å²) in [7, 11) is 0. The summed E-state index contributed by atoms with van der Waals surface area (Å²) in [4.78, 5) is 15.5. The monoisotopic (exact) mass is 298 g/mol. The van der Waals surface area contributed by atoms with Gasteiger partial charge in [0.1, 0.15) is 5.69 Å². The van der Waals surface area contributed by atoms with Gasteiger partial charge in [-0.3, -0.25) is 4.79 Å². The molecule has 1 aromatic heterocycles. The number of H-pyrrole nitrogens is 1. The van der Waals surface area contributed by atoms with Gasteiger partial charge in [-0.05, 0) is 43.2 Å². The Kier molecular flexibility index (Phi) is 3.43. The van der Waals surface area contributed by atoms with Crippen molar-refractivity contribution in [2.45, 2.75) is 13.8 Å². The van der Waals surface area contributed by atoms with Crippen LogP contribution in [-0.4, -0.2) is 10.9 Å². The number of halogens is 1. The molecule has 1 amide bonds. The van der Waals surface area contributed by atoms with E-state index in [4.69, 9.17) is 11.6 Å². The third kappa shape index (κ3) is 2.65. The summed E-state index contributed by atoms with van der Waals surface area (Å²) in [5.41, 5.74) is 4.33. The van der Waals surface area contributed by atoms with Gasteiger partial charge in [0.2, 0.25) is 0 Å². The molecule has 0 aliphatic rings. The molecule has 0 radical (unpaired) electrons. The van der Waals surface area contributed by atoms with E-state index in [1.165, 1.54) is 0 Å². The normalized spacial score (nSPS) is 10.8. The average Bonchev–Trinajstić information content (AvgIpc) is 2.86. The molecule has 0 aliphatic carbocycles. The fourth-order valence-corrected chi connectivity index (χ4v) is 2.59. The van der Waals surface area contributed by atoms with Crippen molar-refractivity contribution in [3.8, 4) is 0 Å². The van der Waals surface area contributed by atoms with Crippen molar-refractivity contribution in [3.05, 3.63) is 64.3 Å². The number of hydrogen-bond donors (Lipinski definition) is 2. The van der Waals surface area contributed by atoms with Gasteiger partial charge in [0.05, 0.1) is 0 Å². The number of carbonyl (C=O) groups is 1. The van der Waals surface area contributed by atoms with Crippen LogP contribution in [0.2, 0.25) is 5.02 Å². The molecule has 0 atom stereocenters. The largest absolute Gasteiger partial charge is 0.350 e. The Bertz CT molecular complexity index is 816. The number of aromatic nitrogens is 1. The first-order chi connectivity index (χ1) is 10.0. The van der Waals surface area contributed by atoms with E-state index in [0.717, 1.165) is 27.7 Å². The molecule has 3 rings (SSSR count). The molecule has 2 aromatic carbocycles. The molecule has 0 saturated heterocycles. The molecule has 4 heteroatoms. The van der Waals surface area contributed by atoms with Crippen molar-refractivity contribution >= 4 is 34.1 Å². The Balaban J connectivity index is 1.94. The lowest BCUT2D eigenvalue weighted by atomic mass is 10.1. The predicted octanol–water partition coefficient (Wildman–Crippen LogP) is 4.69. The van der Waals surface area contributed by atoms with Gasteiger partial charge in [-0.1, -0.05) is 35.9 Å². The number of anilines is 1. The minimum absolute atomic E-state index is 0.153. The molecule has 0 saturated carbocycles. The number of aryl methyl sites for hydroxylation is 2. The van der Waals surface area contributed by atoms with Crippen LogP contribution in [0.4, 0.5) is 5.69 Å². The third-order valence-electron chi connectivity index (χ3n) is 3.55. The SMILES string of the molecule is Cc1cccc(C)c1NC(=O)c1cc2ccc(Cl)cc2[nH]1. The number of amides is 1. The molecule has 0 aliphatic heterocycles. The summed E-state index contributed by atoms with van der Waals surface area (Å²) in [5, 5.41) is 4.58. The summed E-state index contributed by atoms with van der Waals surface area (Å²) in [5.74, 6) is -0.153. The quantitative estimate of drug-likeness (QED) is 0.708. The molecular formula is C17H15ClN2O. The van der Waals surface area contributed by atoms with Gasteiger partial charge in [-0.15, -0.1) is 0 Å². The lowest BCUT2D eigenvalue weighted by molar-refractivity contribution is 0.102. The van der Waals surface area contributed by atoms with Crippen LogP contribution in [0.1, 0.15) is 21.6 Å². The van der Waals surface area contributed by atoms with Gasteiger partial charge in [0.25, 0.3) is 5.91 Å². The maximum atomic E-state index is 12.4. The van der Waals surface area contributed by atoms with E-state index in [0.29, 0.717) is 10.7 Å². The Morgan fingerprint density at radius 2 is 1.81 bits per heavy atom. The molecule has 0 spiro atoms. The number of nitrogens with one attached hydrogen (secondary N) is 2. The summed E-state index contributed by atoms with van der Waals surface area (Å²) in [6.45, 7) is 3.96. The number of fused-ring (bicyclic) bond motifs is 1. The smallest absolute Gasteiger partial charge is 0.272 e. The van der Waals surface area contributed by atoms with E-state index in [-0.39, 0.29) is 5.91 Å². The van der Waals surface area contributed by atoms with Gasteiger partial charge in [-0.2, -0.15) is 0 Å². The van der Waals surface area contributed by atoms with Gasteiger partial charge in [-0.25, -0.2) is 0 Å². The van der Waals surface area contributed by atoms with Gasteiger partial charge in [0, 0.05) is 21.6 Å². The number of aromatic amines is 1. The summed E-state index contributed by atoms with van der Waals surface area (Å²) < 4.78 is 0. The van der Waals surface area contributed by atoms with Gasteiger partial charge in [0.15, 0.2) is 0 Å². The van der Waals surface area contributed by atoms with Crippen LogP contribution in [0.3, 0.4) is 0 Å². The number of hydrogen-bond acceptors (Lipinski definition) is 1. The summed E-state index contributed by atoms with van der Waals surface area (Å²) in [6.07, 6.45) is 0. The molecule has 3 nitrogen and oxygen atoms in total. The zero-order valence-electron chi connectivity index (χ0n) is 11.8. The number of para-hydroxylation sites is 1. The standard InChI is InChI=1S/C17H15ClN2O/c1-10-4-3-5-11(2)16(10)20-17(21)15-8-12-6-7-13(18)9-14(12)19-15/h3-9,19H,1-2H3,(H,20,21). The van der Waals surface area contributed by atoms with Crippen molar-refractivity contribution in [1.29, 1.82) is 0 Å². The van der Waals surface area contributed by atoms with Crippen LogP contribution in [0, 0.1) is 13.8 Å². The average molecular weight is 299 g/mol.